The van der Waals surface area contributed by atoms with Crippen LogP contribution in [-0.4, -0.2) is 17.6 Å². The minimum atomic E-state index is -4.36. The van der Waals surface area contributed by atoms with E-state index in [0.717, 1.165) is 18.6 Å². The standard InChI is InChI=1S/C13H16F3NO2/c1-2-3-9(12(18)19)8-17-11-6-4-10(5-7-11)13(14,15)16/h4-7,9,17H,2-3,8H2,1H3,(H,18,19). The molecule has 0 fully saturated rings. The predicted octanol–water partition coefficient (Wildman–Crippen LogP) is 3.62. The van der Waals surface area contributed by atoms with E-state index in [9.17, 15) is 18.0 Å². The van der Waals surface area contributed by atoms with Crippen molar-refractivity contribution in [1.82, 2.24) is 0 Å². The molecule has 0 amide bonds. The van der Waals surface area contributed by atoms with Crippen molar-refractivity contribution in [2.75, 3.05) is 11.9 Å². The second kappa shape index (κ2) is 6.45. The Morgan fingerprint density at radius 3 is 2.32 bits per heavy atom. The summed E-state index contributed by atoms with van der Waals surface area (Å²) in [6.45, 7) is 2.09. The van der Waals surface area contributed by atoms with Gasteiger partial charge in [-0.15, -0.1) is 0 Å². The van der Waals surface area contributed by atoms with Crippen LogP contribution in [0.4, 0.5) is 18.9 Å². The summed E-state index contributed by atoms with van der Waals surface area (Å²) >= 11 is 0. The first-order valence-corrected chi connectivity index (χ1v) is 5.98. The van der Waals surface area contributed by atoms with Gasteiger partial charge in [-0.2, -0.15) is 13.2 Å². The van der Waals surface area contributed by atoms with E-state index in [1.165, 1.54) is 12.1 Å². The average Bonchev–Trinajstić information content (AvgIpc) is 2.33. The van der Waals surface area contributed by atoms with Crippen LogP contribution >= 0.6 is 0 Å². The molecule has 0 aromatic heterocycles. The number of carboxylic acids is 1. The zero-order chi connectivity index (χ0) is 14.5. The predicted molar refractivity (Wildman–Crippen MR) is 66.0 cm³/mol. The maximum atomic E-state index is 12.3. The SMILES string of the molecule is CCCC(CNc1ccc(C(F)(F)F)cc1)C(=O)O. The Bertz CT molecular complexity index is 415. The summed E-state index contributed by atoms with van der Waals surface area (Å²) in [5.41, 5.74) is -0.239. The number of carbonyl (C=O) groups is 1. The Labute approximate surface area is 109 Å². The molecule has 0 bridgehead atoms. The summed E-state index contributed by atoms with van der Waals surface area (Å²) in [4.78, 5) is 10.9. The molecule has 1 aromatic carbocycles. The Hall–Kier alpha value is -1.72. The first-order valence-electron chi connectivity index (χ1n) is 5.98. The molecule has 0 aliphatic heterocycles. The minimum Gasteiger partial charge on any atom is -0.481 e. The third-order valence-corrected chi connectivity index (χ3v) is 2.75. The van der Waals surface area contributed by atoms with Crippen molar-refractivity contribution in [3.05, 3.63) is 29.8 Å². The second-order valence-corrected chi connectivity index (χ2v) is 4.28. The summed E-state index contributed by atoms with van der Waals surface area (Å²) < 4.78 is 37.0. The number of nitrogens with one attached hydrogen (secondary N) is 1. The van der Waals surface area contributed by atoms with E-state index in [2.05, 4.69) is 5.32 Å². The molecule has 106 valence electrons. The smallest absolute Gasteiger partial charge is 0.416 e. The lowest BCUT2D eigenvalue weighted by Gasteiger charge is -2.14. The lowest BCUT2D eigenvalue weighted by Crippen LogP contribution is -2.22. The number of hydrogen-bond acceptors (Lipinski definition) is 2. The van der Waals surface area contributed by atoms with Gasteiger partial charge in [-0.05, 0) is 30.7 Å². The van der Waals surface area contributed by atoms with Gasteiger partial charge in [-0.3, -0.25) is 4.79 Å². The highest BCUT2D eigenvalue weighted by Gasteiger charge is 2.29. The van der Waals surface area contributed by atoms with E-state index >= 15 is 0 Å². The molecule has 1 unspecified atom stereocenters. The summed E-state index contributed by atoms with van der Waals surface area (Å²) in [5, 5.41) is 11.8. The molecule has 0 saturated heterocycles. The van der Waals surface area contributed by atoms with Gasteiger partial charge in [-0.1, -0.05) is 13.3 Å². The van der Waals surface area contributed by atoms with E-state index < -0.39 is 23.6 Å². The number of aliphatic carboxylic acids is 1. The van der Waals surface area contributed by atoms with Crippen molar-refractivity contribution in [3.63, 3.8) is 0 Å². The van der Waals surface area contributed by atoms with Crippen LogP contribution in [0.5, 0.6) is 0 Å². The molecule has 0 heterocycles. The number of benzene rings is 1. The van der Waals surface area contributed by atoms with Gasteiger partial charge in [0.1, 0.15) is 0 Å². The van der Waals surface area contributed by atoms with Gasteiger partial charge < -0.3 is 10.4 Å². The largest absolute Gasteiger partial charge is 0.481 e. The Morgan fingerprint density at radius 2 is 1.89 bits per heavy atom. The van der Waals surface area contributed by atoms with Crippen molar-refractivity contribution < 1.29 is 23.1 Å². The minimum absolute atomic E-state index is 0.203. The van der Waals surface area contributed by atoms with E-state index in [1.807, 2.05) is 6.92 Å². The molecule has 2 N–H and O–H groups in total. The zero-order valence-corrected chi connectivity index (χ0v) is 10.5. The van der Waals surface area contributed by atoms with Crippen molar-refractivity contribution in [2.45, 2.75) is 25.9 Å². The fourth-order valence-electron chi connectivity index (χ4n) is 1.68. The van der Waals surface area contributed by atoms with Crippen LogP contribution in [0.2, 0.25) is 0 Å². The van der Waals surface area contributed by atoms with Crippen molar-refractivity contribution in [1.29, 1.82) is 0 Å². The van der Waals surface area contributed by atoms with Crippen molar-refractivity contribution in [3.8, 4) is 0 Å². The molecule has 0 radical (unpaired) electrons. The van der Waals surface area contributed by atoms with E-state index in [0.29, 0.717) is 12.1 Å². The Kier molecular flexibility index (Phi) is 5.20. The lowest BCUT2D eigenvalue weighted by atomic mass is 10.0. The van der Waals surface area contributed by atoms with Crippen LogP contribution in [0, 0.1) is 5.92 Å². The summed E-state index contributed by atoms with van der Waals surface area (Å²) in [6.07, 6.45) is -3.08. The van der Waals surface area contributed by atoms with E-state index in [1.54, 1.807) is 0 Å². The molecule has 1 aromatic rings. The summed E-state index contributed by atoms with van der Waals surface area (Å²) in [7, 11) is 0. The van der Waals surface area contributed by atoms with Gasteiger partial charge in [0.05, 0.1) is 11.5 Å². The lowest BCUT2D eigenvalue weighted by molar-refractivity contribution is -0.141. The Balaban J connectivity index is 2.61. The molecule has 1 atom stereocenters. The summed E-state index contributed by atoms with van der Waals surface area (Å²) in [6, 6.07) is 4.54. The topological polar surface area (TPSA) is 49.3 Å². The van der Waals surface area contributed by atoms with Crippen LogP contribution in [0.3, 0.4) is 0 Å². The highest BCUT2D eigenvalue weighted by Crippen LogP contribution is 2.29. The molecule has 3 nitrogen and oxygen atoms in total. The molecule has 1 rings (SSSR count). The normalized spacial score (nSPS) is 13.1. The van der Waals surface area contributed by atoms with Crippen LogP contribution in [0.1, 0.15) is 25.3 Å². The monoisotopic (exact) mass is 275 g/mol. The molecule has 0 saturated carbocycles. The van der Waals surface area contributed by atoms with Gasteiger partial charge in [0, 0.05) is 12.2 Å². The third kappa shape index (κ3) is 4.81. The fourth-order valence-corrected chi connectivity index (χ4v) is 1.68. The van der Waals surface area contributed by atoms with E-state index in [4.69, 9.17) is 5.11 Å². The first kappa shape index (κ1) is 15.3. The highest BCUT2D eigenvalue weighted by atomic mass is 19.4. The fraction of sp³-hybridized carbons (Fsp3) is 0.462. The van der Waals surface area contributed by atoms with Gasteiger partial charge >= 0.3 is 12.1 Å². The average molecular weight is 275 g/mol. The van der Waals surface area contributed by atoms with E-state index in [-0.39, 0.29) is 6.54 Å². The number of carboxylic acid groups (broad SMARTS) is 1. The maximum absolute atomic E-state index is 12.3. The van der Waals surface area contributed by atoms with Crippen molar-refractivity contribution in [2.24, 2.45) is 5.92 Å². The third-order valence-electron chi connectivity index (χ3n) is 2.75. The molecular formula is C13H16F3NO2. The number of alkyl halides is 3. The zero-order valence-electron chi connectivity index (χ0n) is 10.5. The first-order chi connectivity index (χ1) is 8.84. The molecule has 19 heavy (non-hydrogen) atoms. The van der Waals surface area contributed by atoms with Gasteiger partial charge in [0.2, 0.25) is 0 Å². The molecule has 0 aliphatic rings. The number of anilines is 1. The number of halogens is 3. The van der Waals surface area contributed by atoms with Crippen LogP contribution < -0.4 is 5.32 Å². The second-order valence-electron chi connectivity index (χ2n) is 4.28. The van der Waals surface area contributed by atoms with Gasteiger partial charge in [0.15, 0.2) is 0 Å². The van der Waals surface area contributed by atoms with Crippen LogP contribution in [-0.2, 0) is 11.0 Å². The van der Waals surface area contributed by atoms with Gasteiger partial charge in [0.25, 0.3) is 0 Å². The van der Waals surface area contributed by atoms with Crippen LogP contribution in [0.15, 0.2) is 24.3 Å². The Morgan fingerprint density at radius 1 is 1.32 bits per heavy atom. The van der Waals surface area contributed by atoms with Crippen LogP contribution in [0.25, 0.3) is 0 Å². The number of rotatable bonds is 6. The van der Waals surface area contributed by atoms with Crippen molar-refractivity contribution >= 4 is 11.7 Å². The summed E-state index contributed by atoms with van der Waals surface area (Å²) in [5.74, 6) is -1.44. The quantitative estimate of drug-likeness (QED) is 0.833. The highest BCUT2D eigenvalue weighted by molar-refractivity contribution is 5.70. The number of hydrogen-bond donors (Lipinski definition) is 2. The molecule has 0 aliphatic carbocycles. The maximum Gasteiger partial charge on any atom is 0.416 e. The molecule has 0 spiro atoms. The van der Waals surface area contributed by atoms with Gasteiger partial charge in [-0.25, -0.2) is 0 Å². The molecule has 6 heteroatoms. The molecular weight excluding hydrogens is 259 g/mol.